The van der Waals surface area contributed by atoms with Crippen molar-refractivity contribution in [1.29, 1.82) is 0 Å². The third-order valence-electron chi connectivity index (χ3n) is 3.01. The van der Waals surface area contributed by atoms with Crippen LogP contribution in [0.4, 0.5) is 0 Å². The Morgan fingerprint density at radius 3 is 2.05 bits per heavy atom. The van der Waals surface area contributed by atoms with Crippen molar-refractivity contribution in [2.24, 2.45) is 0 Å². The van der Waals surface area contributed by atoms with Crippen molar-refractivity contribution in [2.75, 3.05) is 0 Å². The minimum atomic E-state index is -3.74. The maximum absolute atomic E-state index is 12.5. The van der Waals surface area contributed by atoms with Gasteiger partial charge in [-0.15, -0.1) is 0 Å². The fourth-order valence-electron chi connectivity index (χ4n) is 1.86. The number of hydrogen-bond acceptors (Lipinski definition) is 3. The average Bonchev–Trinajstić information content (AvgIpc) is 2.42. The molecule has 5 heteroatoms. The van der Waals surface area contributed by atoms with Crippen molar-refractivity contribution in [3.8, 4) is 0 Å². The second-order valence-corrected chi connectivity index (χ2v) is 6.97. The number of benzene rings is 2. The van der Waals surface area contributed by atoms with E-state index in [1.807, 2.05) is 6.92 Å². The number of halogens is 1. The number of aldehydes is 1. The summed E-state index contributed by atoms with van der Waals surface area (Å²) in [5.41, 5.74) is 1.36. The summed E-state index contributed by atoms with van der Waals surface area (Å²) in [6, 6.07) is 12.7. The lowest BCUT2D eigenvalue weighted by molar-refractivity contribution is -0.107. The van der Waals surface area contributed by atoms with E-state index in [0.29, 0.717) is 16.9 Å². The summed E-state index contributed by atoms with van der Waals surface area (Å²) in [4.78, 5) is 11.4. The molecule has 20 heavy (non-hydrogen) atoms. The lowest BCUT2D eigenvalue weighted by Gasteiger charge is -2.12. The highest BCUT2D eigenvalue weighted by molar-refractivity contribution is 7.92. The number of sulfone groups is 1. The zero-order valence-electron chi connectivity index (χ0n) is 10.8. The minimum absolute atomic E-state index is 0.134. The number of hydrogen-bond donors (Lipinski definition) is 0. The van der Waals surface area contributed by atoms with Crippen molar-refractivity contribution in [1.82, 2.24) is 0 Å². The molecule has 0 spiro atoms. The summed E-state index contributed by atoms with van der Waals surface area (Å²) in [6.07, 6.45) is 0.443. The lowest BCUT2D eigenvalue weighted by atomic mass is 10.2. The predicted octanol–water partition coefficient (Wildman–Crippen LogP) is 3.36. The highest BCUT2D eigenvalue weighted by atomic mass is 35.5. The SMILES string of the molecule is Cc1ccc(S(=O)(=O)C(C=O)c2ccc(Cl)cc2)cc1. The van der Waals surface area contributed by atoms with E-state index in [2.05, 4.69) is 0 Å². The monoisotopic (exact) mass is 308 g/mol. The Morgan fingerprint density at radius 2 is 1.55 bits per heavy atom. The Labute approximate surface area is 123 Å². The molecule has 2 aromatic rings. The first kappa shape index (κ1) is 14.8. The first-order chi connectivity index (χ1) is 9.45. The largest absolute Gasteiger partial charge is 0.302 e. The van der Waals surface area contributed by atoms with Crippen molar-refractivity contribution in [2.45, 2.75) is 17.1 Å². The standard InChI is InChI=1S/C15H13ClO3S/c1-11-2-8-14(9-3-11)20(18,19)15(10-17)12-4-6-13(16)7-5-12/h2-10,15H,1H3. The molecule has 0 aliphatic rings. The maximum atomic E-state index is 12.5. The molecule has 0 amide bonds. The van der Waals surface area contributed by atoms with E-state index in [4.69, 9.17) is 11.6 Å². The molecular formula is C15H13ClO3S. The topological polar surface area (TPSA) is 51.2 Å². The van der Waals surface area contributed by atoms with Crippen LogP contribution in [0.3, 0.4) is 0 Å². The lowest BCUT2D eigenvalue weighted by Crippen LogP contribution is -2.15. The molecule has 104 valence electrons. The number of aryl methyl sites for hydroxylation is 1. The van der Waals surface area contributed by atoms with Crippen LogP contribution in [-0.2, 0) is 14.6 Å². The van der Waals surface area contributed by atoms with Gasteiger partial charge in [-0.25, -0.2) is 8.42 Å². The molecule has 0 fully saturated rings. The van der Waals surface area contributed by atoms with Crippen LogP contribution >= 0.6 is 11.6 Å². The Hall–Kier alpha value is -1.65. The molecule has 3 nitrogen and oxygen atoms in total. The Morgan fingerprint density at radius 1 is 1.00 bits per heavy atom. The van der Waals surface area contributed by atoms with Crippen LogP contribution in [0.15, 0.2) is 53.4 Å². The molecule has 0 aromatic heterocycles. The van der Waals surface area contributed by atoms with Crippen molar-refractivity contribution in [3.05, 3.63) is 64.7 Å². The zero-order chi connectivity index (χ0) is 14.8. The molecule has 0 radical (unpaired) electrons. The van der Waals surface area contributed by atoms with Gasteiger partial charge < -0.3 is 4.79 Å². The highest BCUT2D eigenvalue weighted by Gasteiger charge is 2.28. The second kappa shape index (κ2) is 5.77. The highest BCUT2D eigenvalue weighted by Crippen LogP contribution is 2.28. The summed E-state index contributed by atoms with van der Waals surface area (Å²) in [7, 11) is -3.74. The van der Waals surface area contributed by atoms with Gasteiger partial charge in [0.05, 0.1) is 4.90 Å². The van der Waals surface area contributed by atoms with Gasteiger partial charge in [0.1, 0.15) is 11.5 Å². The molecule has 0 bridgehead atoms. The van der Waals surface area contributed by atoms with E-state index >= 15 is 0 Å². The maximum Gasteiger partial charge on any atom is 0.192 e. The normalized spacial score (nSPS) is 12.9. The van der Waals surface area contributed by atoms with Crippen molar-refractivity contribution < 1.29 is 13.2 Å². The molecule has 0 heterocycles. The third kappa shape index (κ3) is 2.92. The van der Waals surface area contributed by atoms with Crippen LogP contribution in [0.1, 0.15) is 16.4 Å². The van der Waals surface area contributed by atoms with Gasteiger partial charge in [0, 0.05) is 5.02 Å². The van der Waals surface area contributed by atoms with Gasteiger partial charge in [-0.3, -0.25) is 0 Å². The molecule has 0 aliphatic carbocycles. The van der Waals surface area contributed by atoms with Crippen LogP contribution in [0, 0.1) is 6.92 Å². The molecule has 0 N–H and O–H groups in total. The van der Waals surface area contributed by atoms with Crippen LogP contribution < -0.4 is 0 Å². The quantitative estimate of drug-likeness (QED) is 0.814. The van der Waals surface area contributed by atoms with E-state index in [1.165, 1.54) is 12.1 Å². The fraction of sp³-hybridized carbons (Fsp3) is 0.133. The molecule has 0 saturated heterocycles. The van der Waals surface area contributed by atoms with E-state index in [1.54, 1.807) is 36.4 Å². The van der Waals surface area contributed by atoms with Gasteiger partial charge in [0.25, 0.3) is 0 Å². The van der Waals surface area contributed by atoms with Crippen LogP contribution in [0.5, 0.6) is 0 Å². The summed E-state index contributed by atoms with van der Waals surface area (Å²) in [5, 5.41) is -0.728. The van der Waals surface area contributed by atoms with Crippen LogP contribution in [0.2, 0.25) is 5.02 Å². The third-order valence-corrected chi connectivity index (χ3v) is 5.24. The van der Waals surface area contributed by atoms with E-state index < -0.39 is 15.1 Å². The number of rotatable bonds is 4. The second-order valence-electron chi connectivity index (χ2n) is 4.47. The smallest absolute Gasteiger partial charge is 0.192 e. The Bertz CT molecular complexity index is 704. The summed E-state index contributed by atoms with van der Waals surface area (Å²) in [5.74, 6) is 0. The molecule has 2 rings (SSSR count). The van der Waals surface area contributed by atoms with E-state index in [-0.39, 0.29) is 4.90 Å². The molecular weight excluding hydrogens is 296 g/mol. The minimum Gasteiger partial charge on any atom is -0.302 e. The Kier molecular flexibility index (Phi) is 4.26. The summed E-state index contributed by atoms with van der Waals surface area (Å²) < 4.78 is 25.0. The van der Waals surface area contributed by atoms with Crippen LogP contribution in [0.25, 0.3) is 0 Å². The average molecular weight is 309 g/mol. The van der Waals surface area contributed by atoms with Crippen LogP contribution in [-0.4, -0.2) is 14.7 Å². The molecule has 2 aromatic carbocycles. The fourth-order valence-corrected chi connectivity index (χ4v) is 3.45. The molecule has 1 unspecified atom stereocenters. The molecule has 0 aliphatic heterocycles. The van der Waals surface area contributed by atoms with E-state index in [0.717, 1.165) is 5.56 Å². The first-order valence-corrected chi connectivity index (χ1v) is 7.89. The van der Waals surface area contributed by atoms with Crippen molar-refractivity contribution >= 4 is 27.7 Å². The molecule has 0 saturated carbocycles. The summed E-state index contributed by atoms with van der Waals surface area (Å²) >= 11 is 5.77. The first-order valence-electron chi connectivity index (χ1n) is 5.96. The van der Waals surface area contributed by atoms with E-state index in [9.17, 15) is 13.2 Å². The Balaban J connectivity index is 2.47. The number of carbonyl (C=O) groups excluding carboxylic acids is 1. The zero-order valence-corrected chi connectivity index (χ0v) is 12.4. The van der Waals surface area contributed by atoms with Gasteiger partial charge in [0.15, 0.2) is 9.84 Å². The van der Waals surface area contributed by atoms with Gasteiger partial charge in [-0.05, 0) is 36.8 Å². The van der Waals surface area contributed by atoms with Crippen molar-refractivity contribution in [3.63, 3.8) is 0 Å². The summed E-state index contributed by atoms with van der Waals surface area (Å²) in [6.45, 7) is 1.87. The van der Waals surface area contributed by atoms with Gasteiger partial charge in [-0.2, -0.15) is 0 Å². The van der Waals surface area contributed by atoms with Gasteiger partial charge in [-0.1, -0.05) is 41.4 Å². The van der Waals surface area contributed by atoms with Gasteiger partial charge in [0.2, 0.25) is 0 Å². The molecule has 1 atom stereocenters. The number of carbonyl (C=O) groups is 1. The van der Waals surface area contributed by atoms with Gasteiger partial charge >= 0.3 is 0 Å². The predicted molar refractivity (Wildman–Crippen MR) is 78.6 cm³/mol.